The SMILES string of the molecule is CC(C)(C)n1cc(C(=O)OCCC#Cc2ccc(CN3CCOCC3)cc2)cn1. The molecule has 0 amide bonds. The summed E-state index contributed by atoms with van der Waals surface area (Å²) in [6.45, 7) is 10.9. The Labute approximate surface area is 172 Å². The standard InChI is InChI=1S/C23H29N3O3/c1-23(2,3)26-18-21(16-24-26)22(27)29-13-5-4-6-19-7-9-20(10-8-19)17-25-11-14-28-15-12-25/h7-10,16,18H,5,11-15,17H2,1-3H3. The molecule has 0 bridgehead atoms. The fourth-order valence-electron chi connectivity index (χ4n) is 2.95. The van der Waals surface area contributed by atoms with Gasteiger partial charge in [-0.1, -0.05) is 24.0 Å². The predicted octanol–water partition coefficient (Wildman–Crippen LogP) is 3.07. The Morgan fingerprint density at radius 3 is 2.59 bits per heavy atom. The number of rotatable bonds is 5. The number of esters is 1. The highest BCUT2D eigenvalue weighted by atomic mass is 16.5. The van der Waals surface area contributed by atoms with Crippen molar-refractivity contribution in [3.63, 3.8) is 0 Å². The third-order valence-electron chi connectivity index (χ3n) is 4.66. The number of benzene rings is 1. The van der Waals surface area contributed by atoms with Crippen LogP contribution in [0.15, 0.2) is 36.7 Å². The van der Waals surface area contributed by atoms with E-state index in [1.54, 1.807) is 10.9 Å². The number of carbonyl (C=O) groups is 1. The number of carbonyl (C=O) groups excluding carboxylic acids is 1. The molecule has 0 aliphatic carbocycles. The second-order valence-corrected chi connectivity index (χ2v) is 8.12. The maximum atomic E-state index is 12.1. The fraction of sp³-hybridized carbons (Fsp3) is 0.478. The van der Waals surface area contributed by atoms with Gasteiger partial charge < -0.3 is 9.47 Å². The Morgan fingerprint density at radius 1 is 1.21 bits per heavy atom. The van der Waals surface area contributed by atoms with Crippen LogP contribution in [0, 0.1) is 11.8 Å². The van der Waals surface area contributed by atoms with E-state index in [4.69, 9.17) is 9.47 Å². The molecule has 6 heteroatoms. The van der Waals surface area contributed by atoms with Gasteiger partial charge in [0.25, 0.3) is 0 Å². The molecule has 0 radical (unpaired) electrons. The van der Waals surface area contributed by atoms with Crippen LogP contribution in [0.1, 0.15) is 48.7 Å². The summed E-state index contributed by atoms with van der Waals surface area (Å²) in [5, 5.41) is 4.22. The lowest BCUT2D eigenvalue weighted by atomic mass is 10.1. The van der Waals surface area contributed by atoms with Crippen molar-refractivity contribution in [1.82, 2.24) is 14.7 Å². The molecule has 0 spiro atoms. The summed E-state index contributed by atoms with van der Waals surface area (Å²) in [4.78, 5) is 14.5. The largest absolute Gasteiger partial charge is 0.461 e. The Hall–Kier alpha value is -2.62. The molecule has 2 heterocycles. The van der Waals surface area contributed by atoms with Crippen LogP contribution >= 0.6 is 0 Å². The van der Waals surface area contributed by atoms with Gasteiger partial charge in [-0.3, -0.25) is 9.58 Å². The van der Waals surface area contributed by atoms with Crippen LogP contribution in [0.3, 0.4) is 0 Å². The first-order valence-electron chi connectivity index (χ1n) is 10.0. The van der Waals surface area contributed by atoms with Crippen molar-refractivity contribution in [2.24, 2.45) is 0 Å². The first-order chi connectivity index (χ1) is 13.9. The van der Waals surface area contributed by atoms with Crippen LogP contribution in [0.4, 0.5) is 0 Å². The lowest BCUT2D eigenvalue weighted by Gasteiger charge is -2.26. The third kappa shape index (κ3) is 6.45. The molecular formula is C23H29N3O3. The zero-order valence-corrected chi connectivity index (χ0v) is 17.5. The van der Waals surface area contributed by atoms with E-state index in [1.165, 1.54) is 11.8 Å². The molecule has 1 fully saturated rings. The predicted molar refractivity (Wildman–Crippen MR) is 112 cm³/mol. The maximum absolute atomic E-state index is 12.1. The summed E-state index contributed by atoms with van der Waals surface area (Å²) in [7, 11) is 0. The molecule has 0 saturated carbocycles. The van der Waals surface area contributed by atoms with Crippen molar-refractivity contribution >= 4 is 5.97 Å². The van der Waals surface area contributed by atoms with Gasteiger partial charge in [0.05, 0.1) is 30.5 Å². The summed E-state index contributed by atoms with van der Waals surface area (Å²) in [6.07, 6.45) is 3.75. The van der Waals surface area contributed by atoms with Crippen molar-refractivity contribution in [3.8, 4) is 11.8 Å². The van der Waals surface area contributed by atoms with Crippen LogP contribution in [0.2, 0.25) is 0 Å². The summed E-state index contributed by atoms with van der Waals surface area (Å²) >= 11 is 0. The Morgan fingerprint density at radius 2 is 1.93 bits per heavy atom. The van der Waals surface area contributed by atoms with Crippen LogP contribution in [-0.4, -0.2) is 53.6 Å². The van der Waals surface area contributed by atoms with Crippen LogP contribution in [0.5, 0.6) is 0 Å². The Kier molecular flexibility index (Phi) is 7.08. The molecule has 0 unspecified atom stereocenters. The average molecular weight is 396 g/mol. The maximum Gasteiger partial charge on any atom is 0.341 e. The minimum Gasteiger partial charge on any atom is -0.461 e. The highest BCUT2D eigenvalue weighted by Gasteiger charge is 2.17. The molecule has 2 aromatic rings. The number of aromatic nitrogens is 2. The van der Waals surface area contributed by atoms with E-state index in [2.05, 4.69) is 34.0 Å². The zero-order chi connectivity index (χ0) is 20.7. The van der Waals surface area contributed by atoms with Crippen LogP contribution in [-0.2, 0) is 21.6 Å². The topological polar surface area (TPSA) is 56.6 Å². The summed E-state index contributed by atoms with van der Waals surface area (Å²) in [5.41, 5.74) is 2.54. The lowest BCUT2D eigenvalue weighted by molar-refractivity contribution is 0.0342. The number of morpholine rings is 1. The molecule has 1 aromatic heterocycles. The van der Waals surface area contributed by atoms with Crippen molar-refractivity contribution in [2.75, 3.05) is 32.9 Å². The van der Waals surface area contributed by atoms with Gasteiger partial charge in [-0.05, 0) is 38.5 Å². The van der Waals surface area contributed by atoms with Crippen molar-refractivity contribution in [2.45, 2.75) is 39.3 Å². The number of hydrogen-bond acceptors (Lipinski definition) is 5. The summed E-state index contributed by atoms with van der Waals surface area (Å²) < 4.78 is 12.4. The monoisotopic (exact) mass is 395 g/mol. The third-order valence-corrected chi connectivity index (χ3v) is 4.66. The van der Waals surface area contributed by atoms with Gasteiger partial charge in [0.1, 0.15) is 6.61 Å². The normalized spacial score (nSPS) is 14.9. The van der Waals surface area contributed by atoms with Crippen molar-refractivity contribution in [1.29, 1.82) is 0 Å². The van der Waals surface area contributed by atoms with Crippen molar-refractivity contribution < 1.29 is 14.3 Å². The van der Waals surface area contributed by atoms with Crippen molar-refractivity contribution in [3.05, 3.63) is 53.3 Å². The molecule has 0 atom stereocenters. The molecule has 1 saturated heterocycles. The molecule has 29 heavy (non-hydrogen) atoms. The highest BCUT2D eigenvalue weighted by molar-refractivity contribution is 5.88. The van der Waals surface area contributed by atoms with Gasteiger partial charge in [-0.25, -0.2) is 4.79 Å². The van der Waals surface area contributed by atoms with E-state index in [0.717, 1.165) is 38.4 Å². The van der Waals surface area contributed by atoms with E-state index >= 15 is 0 Å². The Balaban J connectivity index is 1.41. The average Bonchev–Trinajstić information content (AvgIpc) is 3.21. The molecule has 0 N–H and O–H groups in total. The fourth-order valence-corrected chi connectivity index (χ4v) is 2.95. The van der Waals surface area contributed by atoms with E-state index in [9.17, 15) is 4.79 Å². The molecule has 1 aliphatic heterocycles. The van der Waals surface area contributed by atoms with Crippen LogP contribution in [0.25, 0.3) is 0 Å². The first kappa shape index (κ1) is 21.1. The van der Waals surface area contributed by atoms with Gasteiger partial charge in [-0.15, -0.1) is 0 Å². The molecule has 1 aromatic carbocycles. The number of nitrogens with zero attached hydrogens (tertiary/aromatic N) is 3. The van der Waals surface area contributed by atoms with E-state index in [-0.39, 0.29) is 18.1 Å². The lowest BCUT2D eigenvalue weighted by Crippen LogP contribution is -2.35. The highest BCUT2D eigenvalue weighted by Crippen LogP contribution is 2.13. The molecule has 1 aliphatic rings. The molecule has 154 valence electrons. The number of hydrogen-bond donors (Lipinski definition) is 0. The van der Waals surface area contributed by atoms with Crippen LogP contribution < -0.4 is 0 Å². The van der Waals surface area contributed by atoms with Gasteiger partial charge in [0.15, 0.2) is 0 Å². The smallest absolute Gasteiger partial charge is 0.341 e. The van der Waals surface area contributed by atoms with E-state index < -0.39 is 0 Å². The van der Waals surface area contributed by atoms with Gasteiger partial charge in [0.2, 0.25) is 0 Å². The summed E-state index contributed by atoms with van der Waals surface area (Å²) in [6, 6.07) is 8.31. The second-order valence-electron chi connectivity index (χ2n) is 8.12. The van der Waals surface area contributed by atoms with E-state index in [0.29, 0.717) is 12.0 Å². The van der Waals surface area contributed by atoms with E-state index in [1.807, 2.05) is 32.9 Å². The first-order valence-corrected chi connectivity index (χ1v) is 10.0. The van der Waals surface area contributed by atoms with Gasteiger partial charge >= 0.3 is 5.97 Å². The summed E-state index contributed by atoms with van der Waals surface area (Å²) in [5.74, 6) is 5.82. The Bertz CT molecular complexity index is 863. The molecule has 3 rings (SSSR count). The second kappa shape index (κ2) is 9.73. The molecule has 6 nitrogen and oxygen atoms in total. The minimum absolute atomic E-state index is 0.165. The van der Waals surface area contributed by atoms with Gasteiger partial charge in [0, 0.05) is 37.8 Å². The minimum atomic E-state index is -0.366. The molecular weight excluding hydrogens is 366 g/mol. The number of ether oxygens (including phenoxy) is 2. The zero-order valence-electron chi connectivity index (χ0n) is 17.5. The van der Waals surface area contributed by atoms with Gasteiger partial charge in [-0.2, -0.15) is 5.10 Å². The quantitative estimate of drug-likeness (QED) is 0.442.